The first-order chi connectivity index (χ1) is 10.8. The fourth-order valence-corrected chi connectivity index (χ4v) is 3.26. The summed E-state index contributed by atoms with van der Waals surface area (Å²) < 4.78 is 0. The van der Waals surface area contributed by atoms with E-state index in [0.29, 0.717) is 11.3 Å². The number of pyridine rings is 1. The number of nitrogens with two attached hydrogens (primary N) is 1. The van der Waals surface area contributed by atoms with Gasteiger partial charge in [0.05, 0.1) is 22.9 Å². The van der Waals surface area contributed by atoms with E-state index in [1.807, 2.05) is 6.07 Å². The number of nitrogens with zero attached hydrogens (tertiary/aromatic N) is 2. The lowest BCUT2D eigenvalue weighted by atomic mass is 9.71. The maximum absolute atomic E-state index is 5.35. The highest BCUT2D eigenvalue weighted by molar-refractivity contribution is 7.80. The van der Waals surface area contributed by atoms with Crippen molar-refractivity contribution in [3.05, 3.63) is 29.1 Å². The standard InChI is InChI=1S/C17H23N5S/c1-17(2,3)11-4-5-13-10(6-11)7-14-15(21-13)8-12(20-14)9-19-22-16(18)23/h7-9,11,20H,4-6H2,1-3H3,(H3,18,22,23). The molecular weight excluding hydrogens is 306 g/mol. The van der Waals surface area contributed by atoms with Gasteiger partial charge in [-0.1, -0.05) is 20.8 Å². The van der Waals surface area contributed by atoms with Gasteiger partial charge >= 0.3 is 0 Å². The van der Waals surface area contributed by atoms with Gasteiger partial charge in [0.25, 0.3) is 0 Å². The van der Waals surface area contributed by atoms with E-state index in [1.165, 1.54) is 17.7 Å². The molecule has 2 heterocycles. The molecule has 1 aliphatic carbocycles. The van der Waals surface area contributed by atoms with Gasteiger partial charge in [0, 0.05) is 5.69 Å². The van der Waals surface area contributed by atoms with Gasteiger partial charge < -0.3 is 10.7 Å². The molecule has 0 spiro atoms. The van der Waals surface area contributed by atoms with Crippen LogP contribution in [0.3, 0.4) is 0 Å². The molecule has 0 aromatic carbocycles. The van der Waals surface area contributed by atoms with Crippen LogP contribution in [0.15, 0.2) is 17.2 Å². The molecule has 2 aromatic rings. The van der Waals surface area contributed by atoms with Gasteiger partial charge in [0.2, 0.25) is 0 Å². The fourth-order valence-electron chi connectivity index (χ4n) is 3.20. The van der Waals surface area contributed by atoms with Crippen LogP contribution in [-0.2, 0) is 12.8 Å². The highest BCUT2D eigenvalue weighted by atomic mass is 32.1. The summed E-state index contributed by atoms with van der Waals surface area (Å²) in [6.45, 7) is 6.98. The number of aromatic nitrogens is 2. The zero-order valence-electron chi connectivity index (χ0n) is 13.8. The van der Waals surface area contributed by atoms with Crippen molar-refractivity contribution in [2.24, 2.45) is 22.2 Å². The highest BCUT2D eigenvalue weighted by Crippen LogP contribution is 2.37. The predicted molar refractivity (Wildman–Crippen MR) is 98.6 cm³/mol. The first-order valence-electron chi connectivity index (χ1n) is 7.93. The van der Waals surface area contributed by atoms with E-state index < -0.39 is 0 Å². The maximum Gasteiger partial charge on any atom is 0.184 e. The van der Waals surface area contributed by atoms with E-state index >= 15 is 0 Å². The first-order valence-corrected chi connectivity index (χ1v) is 8.34. The number of hydrogen-bond acceptors (Lipinski definition) is 3. The summed E-state index contributed by atoms with van der Waals surface area (Å²) >= 11 is 4.72. The summed E-state index contributed by atoms with van der Waals surface area (Å²) in [6.07, 6.45) is 5.04. The molecular formula is C17H23N5S. The average Bonchev–Trinajstić information content (AvgIpc) is 2.84. The minimum Gasteiger partial charge on any atom is -0.375 e. The van der Waals surface area contributed by atoms with Gasteiger partial charge in [-0.3, -0.25) is 10.4 Å². The molecule has 122 valence electrons. The fraction of sp³-hybridized carbons (Fsp3) is 0.471. The third kappa shape index (κ3) is 3.52. The van der Waals surface area contributed by atoms with Crippen molar-refractivity contribution in [1.29, 1.82) is 0 Å². The topological polar surface area (TPSA) is 79.1 Å². The summed E-state index contributed by atoms with van der Waals surface area (Å²) in [7, 11) is 0. The molecule has 0 saturated heterocycles. The quantitative estimate of drug-likeness (QED) is 0.450. The molecule has 0 aliphatic heterocycles. The van der Waals surface area contributed by atoms with Gasteiger partial charge in [-0.2, -0.15) is 5.10 Å². The molecule has 2 aromatic heterocycles. The second kappa shape index (κ2) is 5.92. The summed E-state index contributed by atoms with van der Waals surface area (Å²) in [5, 5.41) is 4.13. The molecule has 0 radical (unpaired) electrons. The van der Waals surface area contributed by atoms with Gasteiger partial charge in [-0.25, -0.2) is 0 Å². The Bertz CT molecular complexity index is 769. The third-order valence-corrected chi connectivity index (χ3v) is 4.68. The number of fused-ring (bicyclic) bond motifs is 2. The van der Waals surface area contributed by atoms with E-state index in [9.17, 15) is 0 Å². The van der Waals surface area contributed by atoms with Crippen LogP contribution in [-0.4, -0.2) is 21.3 Å². The molecule has 0 fully saturated rings. The van der Waals surface area contributed by atoms with Gasteiger partial charge in [-0.05, 0) is 60.5 Å². The van der Waals surface area contributed by atoms with E-state index in [1.54, 1.807) is 6.21 Å². The molecule has 5 nitrogen and oxygen atoms in total. The lowest BCUT2D eigenvalue weighted by Gasteiger charge is -2.34. The molecule has 1 aliphatic rings. The molecule has 6 heteroatoms. The van der Waals surface area contributed by atoms with Crippen LogP contribution >= 0.6 is 12.2 Å². The number of thiocarbonyl (C=S) groups is 1. The molecule has 1 atom stereocenters. The minimum atomic E-state index is 0.152. The highest BCUT2D eigenvalue weighted by Gasteiger charge is 2.29. The van der Waals surface area contributed by atoms with Crippen molar-refractivity contribution >= 4 is 34.6 Å². The van der Waals surface area contributed by atoms with E-state index in [0.717, 1.165) is 29.6 Å². The molecule has 23 heavy (non-hydrogen) atoms. The van der Waals surface area contributed by atoms with Crippen molar-refractivity contribution in [1.82, 2.24) is 15.4 Å². The number of aryl methyl sites for hydroxylation is 1. The van der Waals surface area contributed by atoms with Crippen LogP contribution in [0.2, 0.25) is 0 Å². The van der Waals surface area contributed by atoms with Crippen LogP contribution in [0.4, 0.5) is 0 Å². The summed E-state index contributed by atoms with van der Waals surface area (Å²) in [5.74, 6) is 0.708. The van der Waals surface area contributed by atoms with E-state index in [-0.39, 0.29) is 5.11 Å². The van der Waals surface area contributed by atoms with Crippen molar-refractivity contribution in [3.8, 4) is 0 Å². The monoisotopic (exact) mass is 329 g/mol. The Morgan fingerprint density at radius 1 is 1.48 bits per heavy atom. The van der Waals surface area contributed by atoms with Crippen LogP contribution in [0, 0.1) is 11.3 Å². The normalized spacial score (nSPS) is 18.3. The first kappa shape index (κ1) is 15.9. The molecule has 1 unspecified atom stereocenters. The Kier molecular flexibility index (Phi) is 4.10. The zero-order valence-corrected chi connectivity index (χ0v) is 14.6. The van der Waals surface area contributed by atoms with Crippen LogP contribution in [0.25, 0.3) is 11.0 Å². The third-order valence-electron chi connectivity index (χ3n) is 4.59. The Hall–Kier alpha value is -1.95. The van der Waals surface area contributed by atoms with Crippen molar-refractivity contribution in [3.63, 3.8) is 0 Å². The summed E-state index contributed by atoms with van der Waals surface area (Å²) in [6, 6.07) is 4.24. The van der Waals surface area contributed by atoms with Crippen LogP contribution in [0.5, 0.6) is 0 Å². The molecule has 0 saturated carbocycles. The average molecular weight is 329 g/mol. The number of hydrogen-bond donors (Lipinski definition) is 3. The second-order valence-corrected chi connectivity index (χ2v) is 7.73. The number of nitrogens with one attached hydrogen (secondary N) is 2. The zero-order chi connectivity index (χ0) is 16.6. The Morgan fingerprint density at radius 3 is 2.96 bits per heavy atom. The number of H-pyrrole nitrogens is 1. The Morgan fingerprint density at radius 2 is 2.26 bits per heavy atom. The molecule has 4 N–H and O–H groups in total. The smallest absolute Gasteiger partial charge is 0.184 e. The Labute approximate surface area is 141 Å². The second-order valence-electron chi connectivity index (χ2n) is 7.29. The maximum atomic E-state index is 5.35. The summed E-state index contributed by atoms with van der Waals surface area (Å²) in [4.78, 5) is 8.17. The largest absolute Gasteiger partial charge is 0.375 e. The summed E-state index contributed by atoms with van der Waals surface area (Å²) in [5.41, 5.74) is 13.8. The van der Waals surface area contributed by atoms with Crippen molar-refractivity contribution in [2.75, 3.05) is 0 Å². The minimum absolute atomic E-state index is 0.152. The van der Waals surface area contributed by atoms with Gasteiger partial charge in [0.1, 0.15) is 0 Å². The molecule has 3 rings (SSSR count). The number of rotatable bonds is 2. The van der Waals surface area contributed by atoms with Crippen molar-refractivity contribution < 1.29 is 0 Å². The molecule has 0 amide bonds. The predicted octanol–water partition coefficient (Wildman–Crippen LogP) is 2.88. The van der Waals surface area contributed by atoms with Crippen LogP contribution < -0.4 is 11.2 Å². The lowest BCUT2D eigenvalue weighted by Crippen LogP contribution is -2.27. The van der Waals surface area contributed by atoms with Gasteiger partial charge in [0.15, 0.2) is 5.11 Å². The lowest BCUT2D eigenvalue weighted by molar-refractivity contribution is 0.215. The Balaban J connectivity index is 1.88. The number of hydrazone groups is 1. The molecule has 0 bridgehead atoms. The number of aromatic amines is 1. The van der Waals surface area contributed by atoms with E-state index in [2.05, 4.69) is 42.3 Å². The van der Waals surface area contributed by atoms with Crippen LogP contribution in [0.1, 0.15) is 44.1 Å². The SMILES string of the molecule is CC(C)(C)C1CCc2nc3cc(C=NNC(N)=S)[nH]c3cc2C1. The van der Waals surface area contributed by atoms with Gasteiger partial charge in [-0.15, -0.1) is 0 Å². The van der Waals surface area contributed by atoms with E-state index in [4.69, 9.17) is 22.9 Å². The van der Waals surface area contributed by atoms with Crippen molar-refractivity contribution in [2.45, 2.75) is 40.0 Å².